The third-order valence-corrected chi connectivity index (χ3v) is 3.32. The summed E-state index contributed by atoms with van der Waals surface area (Å²) in [6, 6.07) is 5.10. The Morgan fingerprint density at radius 3 is 2.90 bits per heavy atom. The molecule has 20 heavy (non-hydrogen) atoms. The molecule has 2 heterocycles. The number of tetrazole rings is 1. The lowest BCUT2D eigenvalue weighted by Gasteiger charge is -2.28. The number of carbonyl (C=O) groups is 2. The van der Waals surface area contributed by atoms with Gasteiger partial charge < -0.3 is 10.0 Å². The second-order valence-corrected chi connectivity index (χ2v) is 4.46. The van der Waals surface area contributed by atoms with E-state index in [1.54, 1.807) is 17.0 Å². The number of carboxylic acids is 1. The van der Waals surface area contributed by atoms with E-state index in [2.05, 4.69) is 20.6 Å². The third kappa shape index (κ3) is 2.00. The van der Waals surface area contributed by atoms with Crippen LogP contribution in [0.1, 0.15) is 32.1 Å². The second kappa shape index (κ2) is 4.72. The van der Waals surface area contributed by atoms with E-state index in [0.29, 0.717) is 25.1 Å². The number of H-pyrrole nitrogens is 1. The molecule has 1 aliphatic heterocycles. The first kappa shape index (κ1) is 12.3. The lowest BCUT2D eigenvalue weighted by Crippen LogP contribution is -2.37. The van der Waals surface area contributed by atoms with Crippen molar-refractivity contribution in [1.82, 2.24) is 25.5 Å². The number of carboxylic acid groups (broad SMARTS) is 1. The number of benzene rings is 1. The normalized spacial score (nSPS) is 13.9. The van der Waals surface area contributed by atoms with Crippen molar-refractivity contribution >= 4 is 11.9 Å². The Bertz CT molecular complexity index is 668. The average Bonchev–Trinajstić information content (AvgIpc) is 2.99. The van der Waals surface area contributed by atoms with Crippen molar-refractivity contribution in [2.75, 3.05) is 6.54 Å². The van der Waals surface area contributed by atoms with Crippen LogP contribution >= 0.6 is 0 Å². The fraction of sp³-hybridized carbons (Fsp3) is 0.250. The number of carbonyl (C=O) groups excluding carboxylic acids is 1. The highest BCUT2D eigenvalue weighted by Crippen LogP contribution is 2.23. The molecule has 102 valence electrons. The molecule has 0 unspecified atom stereocenters. The van der Waals surface area contributed by atoms with Crippen molar-refractivity contribution in [2.45, 2.75) is 13.0 Å². The van der Waals surface area contributed by atoms with Gasteiger partial charge in [-0.1, -0.05) is 12.1 Å². The van der Waals surface area contributed by atoms with Crippen LogP contribution in [0, 0.1) is 0 Å². The first-order valence-electron chi connectivity index (χ1n) is 6.03. The number of hydrogen-bond donors (Lipinski definition) is 2. The summed E-state index contributed by atoms with van der Waals surface area (Å²) >= 11 is 0. The van der Waals surface area contributed by atoms with Gasteiger partial charge in [-0.15, -0.1) is 10.2 Å². The smallest absolute Gasteiger partial charge is 0.335 e. The molecule has 0 fully saturated rings. The van der Waals surface area contributed by atoms with Crippen LogP contribution in [0.2, 0.25) is 0 Å². The van der Waals surface area contributed by atoms with Gasteiger partial charge in [0.1, 0.15) is 0 Å². The molecule has 1 aliphatic rings. The van der Waals surface area contributed by atoms with Gasteiger partial charge in [-0.05, 0) is 28.8 Å². The molecule has 0 saturated heterocycles. The summed E-state index contributed by atoms with van der Waals surface area (Å²) in [6.07, 6.45) is 0.501. The highest BCUT2D eigenvalue weighted by Gasteiger charge is 2.26. The van der Waals surface area contributed by atoms with Crippen LogP contribution in [0.5, 0.6) is 0 Å². The molecular formula is C12H11N5O3. The molecule has 0 saturated carbocycles. The summed E-state index contributed by atoms with van der Waals surface area (Å²) in [6.45, 7) is 0.786. The molecule has 2 N–H and O–H groups in total. The Morgan fingerprint density at radius 1 is 1.35 bits per heavy atom. The predicted molar refractivity (Wildman–Crippen MR) is 66.0 cm³/mol. The fourth-order valence-corrected chi connectivity index (χ4v) is 2.38. The van der Waals surface area contributed by atoms with E-state index < -0.39 is 5.97 Å². The standard InChI is InChI=1S/C12H11N5O3/c18-11(10-13-15-16-14-10)17-5-4-8-7(6-17)2-1-3-9(8)12(19)20/h1-3H,4-6H2,(H,19,20)(H,13,14,15,16). The zero-order chi connectivity index (χ0) is 14.1. The van der Waals surface area contributed by atoms with Gasteiger partial charge in [0.2, 0.25) is 0 Å². The zero-order valence-corrected chi connectivity index (χ0v) is 10.4. The highest BCUT2D eigenvalue weighted by atomic mass is 16.4. The second-order valence-electron chi connectivity index (χ2n) is 4.46. The highest BCUT2D eigenvalue weighted by molar-refractivity contribution is 5.92. The number of nitrogens with zero attached hydrogens (tertiary/aromatic N) is 4. The van der Waals surface area contributed by atoms with Crippen molar-refractivity contribution in [1.29, 1.82) is 0 Å². The van der Waals surface area contributed by atoms with Crippen LogP contribution in [0.4, 0.5) is 0 Å². The Morgan fingerprint density at radius 2 is 2.20 bits per heavy atom. The van der Waals surface area contributed by atoms with Crippen molar-refractivity contribution < 1.29 is 14.7 Å². The summed E-state index contributed by atoms with van der Waals surface area (Å²) in [7, 11) is 0. The minimum atomic E-state index is -0.945. The van der Waals surface area contributed by atoms with E-state index in [4.69, 9.17) is 5.11 Å². The third-order valence-electron chi connectivity index (χ3n) is 3.32. The number of nitrogens with one attached hydrogen (secondary N) is 1. The SMILES string of the molecule is O=C(O)c1cccc2c1CCN(C(=O)c1nn[nH]n1)C2. The summed E-state index contributed by atoms with van der Waals surface area (Å²) in [5, 5.41) is 22.1. The molecule has 0 bridgehead atoms. The summed E-state index contributed by atoms with van der Waals surface area (Å²) in [4.78, 5) is 24.9. The quantitative estimate of drug-likeness (QED) is 0.802. The maximum atomic E-state index is 12.1. The van der Waals surface area contributed by atoms with Gasteiger partial charge in [0.25, 0.3) is 11.7 Å². The van der Waals surface area contributed by atoms with Crippen LogP contribution in [-0.4, -0.2) is 49.1 Å². The summed E-state index contributed by atoms with van der Waals surface area (Å²) in [5.74, 6) is -1.24. The Kier molecular flexibility index (Phi) is 2.90. The topological polar surface area (TPSA) is 112 Å². The Labute approximate surface area is 113 Å². The fourth-order valence-electron chi connectivity index (χ4n) is 2.38. The molecule has 1 amide bonds. The molecule has 0 spiro atoms. The van der Waals surface area contributed by atoms with Gasteiger partial charge in [-0.2, -0.15) is 5.21 Å². The van der Waals surface area contributed by atoms with Crippen LogP contribution in [0.3, 0.4) is 0 Å². The summed E-state index contributed by atoms with van der Waals surface area (Å²) in [5.41, 5.74) is 1.93. The van der Waals surface area contributed by atoms with Crippen LogP contribution in [-0.2, 0) is 13.0 Å². The lowest BCUT2D eigenvalue weighted by atomic mass is 9.94. The van der Waals surface area contributed by atoms with E-state index in [1.807, 2.05) is 6.07 Å². The van der Waals surface area contributed by atoms with E-state index in [1.165, 1.54) is 0 Å². The van der Waals surface area contributed by atoms with E-state index in [9.17, 15) is 9.59 Å². The Hall–Kier alpha value is -2.77. The number of amides is 1. The largest absolute Gasteiger partial charge is 0.478 e. The molecule has 1 aromatic heterocycles. The van der Waals surface area contributed by atoms with Gasteiger partial charge in [0.15, 0.2) is 0 Å². The maximum absolute atomic E-state index is 12.1. The molecule has 3 rings (SSSR count). The van der Waals surface area contributed by atoms with Crippen LogP contribution in [0.15, 0.2) is 18.2 Å². The number of aromatic carboxylic acids is 1. The van der Waals surface area contributed by atoms with Crippen molar-refractivity contribution in [3.8, 4) is 0 Å². The monoisotopic (exact) mass is 273 g/mol. The van der Waals surface area contributed by atoms with E-state index in [0.717, 1.165) is 11.1 Å². The number of hydrogen-bond acceptors (Lipinski definition) is 5. The molecule has 1 aromatic carbocycles. The van der Waals surface area contributed by atoms with Gasteiger partial charge in [-0.25, -0.2) is 4.79 Å². The molecule has 8 heteroatoms. The van der Waals surface area contributed by atoms with E-state index in [-0.39, 0.29) is 11.7 Å². The predicted octanol–water partition coefficient (Wildman–Crippen LogP) is 0.0964. The number of aromatic nitrogens is 4. The Balaban J connectivity index is 1.88. The molecular weight excluding hydrogens is 262 g/mol. The molecule has 8 nitrogen and oxygen atoms in total. The van der Waals surface area contributed by atoms with Crippen LogP contribution < -0.4 is 0 Å². The van der Waals surface area contributed by atoms with Crippen molar-refractivity contribution in [3.05, 3.63) is 40.7 Å². The number of aromatic amines is 1. The van der Waals surface area contributed by atoms with E-state index >= 15 is 0 Å². The molecule has 0 radical (unpaired) electrons. The van der Waals surface area contributed by atoms with Gasteiger partial charge in [0.05, 0.1) is 5.56 Å². The minimum absolute atomic E-state index is 0.0165. The minimum Gasteiger partial charge on any atom is -0.478 e. The number of fused-ring (bicyclic) bond motifs is 1. The first-order chi connectivity index (χ1) is 9.66. The molecule has 0 aliphatic carbocycles. The van der Waals surface area contributed by atoms with Gasteiger partial charge in [-0.3, -0.25) is 4.79 Å². The van der Waals surface area contributed by atoms with Gasteiger partial charge >= 0.3 is 5.97 Å². The zero-order valence-electron chi connectivity index (χ0n) is 10.4. The summed E-state index contributed by atoms with van der Waals surface area (Å²) < 4.78 is 0. The first-order valence-corrected chi connectivity index (χ1v) is 6.03. The van der Waals surface area contributed by atoms with Crippen molar-refractivity contribution in [3.63, 3.8) is 0 Å². The maximum Gasteiger partial charge on any atom is 0.335 e. The van der Waals surface area contributed by atoms with Crippen molar-refractivity contribution in [2.24, 2.45) is 0 Å². The number of rotatable bonds is 2. The average molecular weight is 273 g/mol. The molecule has 0 atom stereocenters. The molecule has 2 aromatic rings. The van der Waals surface area contributed by atoms with Gasteiger partial charge in [0, 0.05) is 13.1 Å². The van der Waals surface area contributed by atoms with Crippen LogP contribution in [0.25, 0.3) is 0 Å². The lowest BCUT2D eigenvalue weighted by molar-refractivity contribution is 0.0693.